The topological polar surface area (TPSA) is 3.24 Å². The average Bonchev–Trinajstić information content (AvgIpc) is 2.28. The Morgan fingerprint density at radius 1 is 1.29 bits per heavy atom. The molecule has 0 spiro atoms. The second kappa shape index (κ2) is 6.58. The lowest BCUT2D eigenvalue weighted by Crippen LogP contribution is -2.51. The van der Waals surface area contributed by atoms with Crippen LogP contribution in [0.4, 0.5) is 0 Å². The molecule has 100 valence electrons. The van der Waals surface area contributed by atoms with Crippen molar-refractivity contribution in [1.29, 1.82) is 0 Å². The Morgan fingerprint density at radius 2 is 2.00 bits per heavy atom. The minimum absolute atomic E-state index is 0.312. The van der Waals surface area contributed by atoms with E-state index in [1.54, 1.807) is 5.57 Å². The van der Waals surface area contributed by atoms with Crippen LogP contribution in [-0.4, -0.2) is 23.0 Å². The normalized spacial score (nSPS) is 26.4. The monoisotopic (exact) mass is 237 g/mol. The van der Waals surface area contributed by atoms with E-state index >= 15 is 0 Å². The lowest BCUT2D eigenvalue weighted by Gasteiger charge is -2.46. The molecule has 1 nitrogen and oxygen atoms in total. The van der Waals surface area contributed by atoms with Gasteiger partial charge >= 0.3 is 0 Å². The van der Waals surface area contributed by atoms with E-state index in [0.717, 1.165) is 0 Å². The first kappa shape index (κ1) is 14.8. The lowest BCUT2D eigenvalue weighted by atomic mass is 9.84. The third kappa shape index (κ3) is 3.84. The summed E-state index contributed by atoms with van der Waals surface area (Å²) in [5.41, 5.74) is 1.98. The SMILES string of the molecule is CCCCC[C@]1(C)C=C(CC)CCN1C(C)C. The van der Waals surface area contributed by atoms with Crippen molar-refractivity contribution < 1.29 is 0 Å². The van der Waals surface area contributed by atoms with E-state index in [2.05, 4.69) is 45.6 Å². The third-order valence-electron chi connectivity index (χ3n) is 4.21. The molecule has 1 rings (SSSR count). The molecule has 17 heavy (non-hydrogen) atoms. The Kier molecular flexibility index (Phi) is 5.72. The third-order valence-corrected chi connectivity index (χ3v) is 4.21. The Balaban J connectivity index is 2.77. The van der Waals surface area contributed by atoms with E-state index < -0.39 is 0 Å². The van der Waals surface area contributed by atoms with Crippen molar-refractivity contribution in [3.05, 3.63) is 11.6 Å². The molecule has 1 atom stereocenters. The van der Waals surface area contributed by atoms with Gasteiger partial charge in [0.15, 0.2) is 0 Å². The van der Waals surface area contributed by atoms with Crippen molar-refractivity contribution in [2.24, 2.45) is 0 Å². The van der Waals surface area contributed by atoms with Gasteiger partial charge in [0.25, 0.3) is 0 Å². The van der Waals surface area contributed by atoms with Crippen LogP contribution >= 0.6 is 0 Å². The average molecular weight is 237 g/mol. The fourth-order valence-corrected chi connectivity index (χ4v) is 3.19. The predicted molar refractivity (Wildman–Crippen MR) is 77.4 cm³/mol. The lowest BCUT2D eigenvalue weighted by molar-refractivity contribution is 0.0881. The highest BCUT2D eigenvalue weighted by molar-refractivity contribution is 5.18. The highest BCUT2D eigenvalue weighted by atomic mass is 15.2. The van der Waals surface area contributed by atoms with Crippen molar-refractivity contribution in [2.75, 3.05) is 6.54 Å². The van der Waals surface area contributed by atoms with Crippen LogP contribution < -0.4 is 0 Å². The molecule has 0 aromatic rings. The van der Waals surface area contributed by atoms with Gasteiger partial charge in [-0.15, -0.1) is 0 Å². The van der Waals surface area contributed by atoms with E-state index in [1.807, 2.05) is 0 Å². The molecule has 0 N–H and O–H groups in total. The van der Waals surface area contributed by atoms with Crippen LogP contribution in [0.1, 0.15) is 73.1 Å². The van der Waals surface area contributed by atoms with Crippen molar-refractivity contribution in [3.63, 3.8) is 0 Å². The molecule has 0 saturated carbocycles. The van der Waals surface area contributed by atoms with Gasteiger partial charge in [0.1, 0.15) is 0 Å². The van der Waals surface area contributed by atoms with Crippen LogP contribution in [0.15, 0.2) is 11.6 Å². The van der Waals surface area contributed by atoms with Gasteiger partial charge in [-0.3, -0.25) is 4.90 Å². The first-order chi connectivity index (χ1) is 8.03. The number of hydrogen-bond acceptors (Lipinski definition) is 1. The molecular formula is C16H31N. The summed E-state index contributed by atoms with van der Waals surface area (Å²) >= 11 is 0. The van der Waals surface area contributed by atoms with Gasteiger partial charge in [-0.25, -0.2) is 0 Å². The highest BCUT2D eigenvalue weighted by Gasteiger charge is 2.33. The van der Waals surface area contributed by atoms with E-state index in [9.17, 15) is 0 Å². The zero-order chi connectivity index (χ0) is 12.9. The van der Waals surface area contributed by atoms with Crippen LogP contribution in [0.25, 0.3) is 0 Å². The molecule has 0 radical (unpaired) electrons. The minimum Gasteiger partial charge on any atom is -0.292 e. The molecule has 1 aliphatic rings. The first-order valence-corrected chi connectivity index (χ1v) is 7.50. The van der Waals surface area contributed by atoms with Crippen molar-refractivity contribution >= 4 is 0 Å². The molecule has 0 amide bonds. The zero-order valence-corrected chi connectivity index (χ0v) is 12.6. The smallest absolute Gasteiger partial charge is 0.0368 e. The van der Waals surface area contributed by atoms with Gasteiger partial charge in [-0.1, -0.05) is 44.8 Å². The Bertz CT molecular complexity index is 254. The maximum absolute atomic E-state index is 2.70. The molecular weight excluding hydrogens is 206 g/mol. The van der Waals surface area contributed by atoms with E-state index in [4.69, 9.17) is 0 Å². The standard InChI is InChI=1S/C16H31N/c1-6-8-9-11-16(5)13-15(7-2)10-12-17(16)14(3)4/h13-14H,6-12H2,1-5H3/t16-/m1/s1. The molecule has 1 heterocycles. The largest absolute Gasteiger partial charge is 0.292 e. The van der Waals surface area contributed by atoms with Gasteiger partial charge in [0, 0.05) is 18.1 Å². The van der Waals surface area contributed by atoms with E-state index in [-0.39, 0.29) is 0 Å². The summed E-state index contributed by atoms with van der Waals surface area (Å²) in [7, 11) is 0. The molecule has 1 aliphatic heterocycles. The quantitative estimate of drug-likeness (QED) is 0.475. The summed E-state index contributed by atoms with van der Waals surface area (Å²) in [6, 6.07) is 0.663. The fraction of sp³-hybridized carbons (Fsp3) is 0.875. The van der Waals surface area contributed by atoms with Gasteiger partial charge in [-0.2, -0.15) is 0 Å². The fourth-order valence-electron chi connectivity index (χ4n) is 3.19. The number of nitrogens with zero attached hydrogens (tertiary/aromatic N) is 1. The Hall–Kier alpha value is -0.300. The van der Waals surface area contributed by atoms with Crippen LogP contribution in [0.5, 0.6) is 0 Å². The first-order valence-electron chi connectivity index (χ1n) is 7.50. The van der Waals surface area contributed by atoms with Gasteiger partial charge in [-0.05, 0) is 40.0 Å². The number of unbranched alkanes of at least 4 members (excludes halogenated alkanes) is 2. The summed E-state index contributed by atoms with van der Waals surface area (Å²) < 4.78 is 0. The van der Waals surface area contributed by atoms with E-state index in [0.29, 0.717) is 11.6 Å². The highest BCUT2D eigenvalue weighted by Crippen LogP contribution is 2.33. The molecule has 0 unspecified atom stereocenters. The van der Waals surface area contributed by atoms with E-state index in [1.165, 1.54) is 45.1 Å². The second-order valence-electron chi connectivity index (χ2n) is 6.01. The Labute approximate surface area is 108 Å². The molecule has 0 fully saturated rings. The van der Waals surface area contributed by atoms with Gasteiger partial charge in [0.05, 0.1) is 0 Å². The van der Waals surface area contributed by atoms with Crippen LogP contribution in [-0.2, 0) is 0 Å². The number of hydrogen-bond donors (Lipinski definition) is 0. The molecule has 0 bridgehead atoms. The van der Waals surface area contributed by atoms with Crippen molar-refractivity contribution in [2.45, 2.75) is 84.7 Å². The summed E-state index contributed by atoms with van der Waals surface area (Å²) in [4.78, 5) is 2.70. The molecule has 0 saturated heterocycles. The summed E-state index contributed by atoms with van der Waals surface area (Å²) in [5.74, 6) is 0. The maximum atomic E-state index is 2.70. The summed E-state index contributed by atoms with van der Waals surface area (Å²) in [6.07, 6.45) is 10.5. The predicted octanol–water partition coefficient (Wildman–Crippen LogP) is 4.78. The Morgan fingerprint density at radius 3 is 2.53 bits per heavy atom. The molecule has 1 heteroatoms. The molecule has 0 aliphatic carbocycles. The zero-order valence-electron chi connectivity index (χ0n) is 12.6. The van der Waals surface area contributed by atoms with Crippen LogP contribution in [0.3, 0.4) is 0 Å². The molecule has 0 aromatic carbocycles. The molecule has 0 aromatic heterocycles. The van der Waals surface area contributed by atoms with Gasteiger partial charge in [0.2, 0.25) is 0 Å². The van der Waals surface area contributed by atoms with Crippen LogP contribution in [0, 0.1) is 0 Å². The second-order valence-corrected chi connectivity index (χ2v) is 6.01. The maximum Gasteiger partial charge on any atom is 0.0368 e. The van der Waals surface area contributed by atoms with Crippen LogP contribution in [0.2, 0.25) is 0 Å². The van der Waals surface area contributed by atoms with Gasteiger partial charge < -0.3 is 0 Å². The van der Waals surface area contributed by atoms with Crippen molar-refractivity contribution in [1.82, 2.24) is 4.90 Å². The summed E-state index contributed by atoms with van der Waals surface area (Å²) in [6.45, 7) is 12.9. The van der Waals surface area contributed by atoms with Crippen molar-refractivity contribution in [3.8, 4) is 0 Å². The minimum atomic E-state index is 0.312. The number of rotatable bonds is 6. The summed E-state index contributed by atoms with van der Waals surface area (Å²) in [5, 5.41) is 0.